The zero-order valence-corrected chi connectivity index (χ0v) is 48.6. The van der Waals surface area contributed by atoms with Gasteiger partial charge < -0.3 is 14.2 Å². The average Bonchev–Trinajstić information content (AvgIpc) is 3.40. The monoisotopic (exact) mass is 1030 g/mol. The van der Waals surface area contributed by atoms with E-state index in [0.29, 0.717) is 19.3 Å². The number of rotatable bonds is 56. The minimum atomic E-state index is -0.773. The molecule has 0 rings (SSSR count). The molecule has 0 N–H and O–H groups in total. The molecule has 0 amide bonds. The molecule has 6 nitrogen and oxygen atoms in total. The molecule has 0 aliphatic heterocycles. The Hall–Kier alpha value is -3.67. The van der Waals surface area contributed by atoms with E-state index in [2.05, 4.69) is 118 Å². The molecule has 1 unspecified atom stereocenters. The van der Waals surface area contributed by atoms with Crippen molar-refractivity contribution in [1.29, 1.82) is 0 Å². The lowest BCUT2D eigenvalue weighted by atomic mass is 10.0. The second kappa shape index (κ2) is 61.9. The van der Waals surface area contributed by atoms with Crippen LogP contribution >= 0.6 is 0 Å². The number of unbranched alkanes of at least 4 members (excludes halogenated alkanes) is 29. The Morgan fingerprint density at radius 3 is 0.824 bits per heavy atom. The van der Waals surface area contributed by atoms with Crippen LogP contribution in [-0.4, -0.2) is 37.2 Å². The van der Waals surface area contributed by atoms with Crippen LogP contribution < -0.4 is 0 Å². The van der Waals surface area contributed by atoms with Gasteiger partial charge in [-0.15, -0.1) is 0 Å². The fourth-order valence-electron chi connectivity index (χ4n) is 8.69. The number of allylic oxidation sites excluding steroid dienone is 16. The van der Waals surface area contributed by atoms with E-state index in [1.54, 1.807) is 0 Å². The third kappa shape index (κ3) is 59.2. The molecular weight excluding hydrogens is 913 g/mol. The topological polar surface area (TPSA) is 78.9 Å². The van der Waals surface area contributed by atoms with Crippen molar-refractivity contribution >= 4 is 17.9 Å². The molecule has 0 aliphatic rings. The number of esters is 3. The van der Waals surface area contributed by atoms with Crippen LogP contribution in [0.5, 0.6) is 0 Å². The number of carbonyl (C=O) groups excluding carboxylic acids is 3. The highest BCUT2D eigenvalue weighted by Gasteiger charge is 2.19. The maximum absolute atomic E-state index is 12.8. The highest BCUT2D eigenvalue weighted by molar-refractivity contribution is 5.71. The predicted molar refractivity (Wildman–Crippen MR) is 320 cm³/mol. The predicted octanol–water partition coefficient (Wildman–Crippen LogP) is 21.3. The molecule has 0 heterocycles. The van der Waals surface area contributed by atoms with Crippen LogP contribution in [0.25, 0.3) is 0 Å². The standard InChI is InChI=1S/C68H116O6/c1-4-7-10-13-16-19-21-23-24-25-26-27-28-29-30-31-32-33-34-35-36-37-38-39-40-41-42-43-44-45-47-49-52-55-58-61-67(70)73-64-65(63-72-66(69)60-57-54-51-48-18-15-12-9-6-3)74-68(71)62-59-56-53-50-46-22-20-17-14-11-8-5-2/h7,10,16,19,23-24,26-27,29-30,32-33,35-36,38-39,65H,4-6,8-9,11-15,17-18,20-22,25,28,31,34,37,40-64H2,1-3H3/b10-7-,19-16-,24-23-,27-26-,30-29-,33-32-,36-35-,39-38-. The minimum Gasteiger partial charge on any atom is -0.462 e. The SMILES string of the molecule is CC/C=C\C/C=C\C/C=C\C/C=C\C/C=C\C/C=C\C/C=C\C/C=C\CCCCCCCCCCCCC(=O)OCC(COC(=O)CCCCCCCCCCC)OC(=O)CCCCCCCCCCCCCC. The van der Waals surface area contributed by atoms with Crippen molar-refractivity contribution < 1.29 is 28.6 Å². The Labute approximate surface area is 457 Å². The molecule has 74 heavy (non-hydrogen) atoms. The van der Waals surface area contributed by atoms with E-state index < -0.39 is 6.10 Å². The Balaban J connectivity index is 4.09. The molecule has 0 aromatic heterocycles. The summed E-state index contributed by atoms with van der Waals surface area (Å²) < 4.78 is 16.8. The summed E-state index contributed by atoms with van der Waals surface area (Å²) in [6, 6.07) is 0. The molecular formula is C68H116O6. The van der Waals surface area contributed by atoms with E-state index in [4.69, 9.17) is 14.2 Å². The molecule has 0 spiro atoms. The van der Waals surface area contributed by atoms with Gasteiger partial charge in [-0.25, -0.2) is 0 Å². The zero-order valence-electron chi connectivity index (χ0n) is 48.6. The summed E-state index contributed by atoms with van der Waals surface area (Å²) in [4.78, 5) is 38.0. The Bertz CT molecular complexity index is 1460. The van der Waals surface area contributed by atoms with Gasteiger partial charge in [-0.05, 0) is 83.5 Å². The number of ether oxygens (including phenoxy) is 3. The first-order valence-electron chi connectivity index (χ1n) is 31.2. The molecule has 424 valence electrons. The van der Waals surface area contributed by atoms with Gasteiger partial charge >= 0.3 is 17.9 Å². The lowest BCUT2D eigenvalue weighted by Crippen LogP contribution is -2.30. The summed E-state index contributed by atoms with van der Waals surface area (Å²) in [5, 5.41) is 0. The fourth-order valence-corrected chi connectivity index (χ4v) is 8.69. The van der Waals surface area contributed by atoms with Gasteiger partial charge in [-0.3, -0.25) is 14.4 Å². The van der Waals surface area contributed by atoms with Crippen molar-refractivity contribution in [2.75, 3.05) is 13.2 Å². The van der Waals surface area contributed by atoms with Crippen LogP contribution in [-0.2, 0) is 28.6 Å². The van der Waals surface area contributed by atoms with Crippen molar-refractivity contribution in [3.8, 4) is 0 Å². The largest absolute Gasteiger partial charge is 0.462 e. The Kier molecular flexibility index (Phi) is 58.8. The minimum absolute atomic E-state index is 0.0735. The number of carbonyl (C=O) groups is 3. The van der Waals surface area contributed by atoms with Crippen LogP contribution in [0.4, 0.5) is 0 Å². The molecule has 1 atom stereocenters. The van der Waals surface area contributed by atoms with Gasteiger partial charge in [0.2, 0.25) is 0 Å². The first-order chi connectivity index (χ1) is 36.5. The lowest BCUT2D eigenvalue weighted by molar-refractivity contribution is -0.167. The third-order valence-electron chi connectivity index (χ3n) is 13.4. The third-order valence-corrected chi connectivity index (χ3v) is 13.4. The molecule has 0 radical (unpaired) electrons. The summed E-state index contributed by atoms with van der Waals surface area (Å²) in [5.74, 6) is -0.873. The second-order valence-corrected chi connectivity index (χ2v) is 20.6. The molecule has 0 saturated heterocycles. The van der Waals surface area contributed by atoms with Gasteiger partial charge in [0.25, 0.3) is 0 Å². The zero-order chi connectivity index (χ0) is 53.6. The molecule has 0 saturated carbocycles. The van der Waals surface area contributed by atoms with Gasteiger partial charge in [-0.1, -0.05) is 291 Å². The molecule has 0 aromatic carbocycles. The fraction of sp³-hybridized carbons (Fsp3) is 0.721. The summed E-state index contributed by atoms with van der Waals surface area (Å²) in [6.45, 7) is 6.51. The molecule has 0 bridgehead atoms. The molecule has 0 aromatic rings. The summed E-state index contributed by atoms with van der Waals surface area (Å²) in [6.07, 6.45) is 82.9. The van der Waals surface area contributed by atoms with Gasteiger partial charge in [0, 0.05) is 19.3 Å². The lowest BCUT2D eigenvalue weighted by Gasteiger charge is -2.18. The number of hydrogen-bond acceptors (Lipinski definition) is 6. The first-order valence-corrected chi connectivity index (χ1v) is 31.2. The molecule has 0 aliphatic carbocycles. The highest BCUT2D eigenvalue weighted by Crippen LogP contribution is 2.16. The molecule has 6 heteroatoms. The van der Waals surface area contributed by atoms with Crippen LogP contribution in [0.3, 0.4) is 0 Å². The van der Waals surface area contributed by atoms with E-state index in [1.165, 1.54) is 148 Å². The summed E-state index contributed by atoms with van der Waals surface area (Å²) in [7, 11) is 0. The smallest absolute Gasteiger partial charge is 0.306 e. The van der Waals surface area contributed by atoms with Crippen LogP contribution in [0.1, 0.15) is 297 Å². The second-order valence-electron chi connectivity index (χ2n) is 20.6. The van der Waals surface area contributed by atoms with Crippen molar-refractivity contribution in [2.45, 2.75) is 303 Å². The Morgan fingerprint density at radius 1 is 0.284 bits per heavy atom. The average molecular weight is 1030 g/mol. The maximum atomic E-state index is 12.8. The van der Waals surface area contributed by atoms with E-state index >= 15 is 0 Å². The van der Waals surface area contributed by atoms with E-state index in [1.807, 2.05) is 0 Å². The van der Waals surface area contributed by atoms with Crippen molar-refractivity contribution in [1.82, 2.24) is 0 Å². The van der Waals surface area contributed by atoms with Crippen LogP contribution in [0.2, 0.25) is 0 Å². The maximum Gasteiger partial charge on any atom is 0.306 e. The molecule has 0 fully saturated rings. The van der Waals surface area contributed by atoms with Crippen molar-refractivity contribution in [3.63, 3.8) is 0 Å². The van der Waals surface area contributed by atoms with Gasteiger partial charge in [-0.2, -0.15) is 0 Å². The number of hydrogen-bond donors (Lipinski definition) is 0. The van der Waals surface area contributed by atoms with Gasteiger partial charge in [0.15, 0.2) is 6.10 Å². The van der Waals surface area contributed by atoms with Crippen molar-refractivity contribution in [3.05, 3.63) is 97.2 Å². The Morgan fingerprint density at radius 2 is 0.527 bits per heavy atom. The van der Waals surface area contributed by atoms with Crippen molar-refractivity contribution in [2.24, 2.45) is 0 Å². The van der Waals surface area contributed by atoms with E-state index in [0.717, 1.165) is 109 Å². The summed E-state index contributed by atoms with van der Waals surface area (Å²) in [5.41, 5.74) is 0. The van der Waals surface area contributed by atoms with Crippen LogP contribution in [0.15, 0.2) is 97.2 Å². The quantitative estimate of drug-likeness (QED) is 0.0261. The highest BCUT2D eigenvalue weighted by atomic mass is 16.6. The van der Waals surface area contributed by atoms with E-state index in [9.17, 15) is 14.4 Å². The summed E-state index contributed by atoms with van der Waals surface area (Å²) >= 11 is 0. The van der Waals surface area contributed by atoms with E-state index in [-0.39, 0.29) is 31.1 Å². The van der Waals surface area contributed by atoms with Gasteiger partial charge in [0.05, 0.1) is 0 Å². The van der Waals surface area contributed by atoms with Crippen LogP contribution in [0, 0.1) is 0 Å². The van der Waals surface area contributed by atoms with Gasteiger partial charge in [0.1, 0.15) is 13.2 Å². The normalized spacial score (nSPS) is 12.7. The first kappa shape index (κ1) is 70.3.